The maximum absolute atomic E-state index is 11.4. The molecule has 0 aliphatic rings. The van der Waals surface area contributed by atoms with E-state index in [1.165, 1.54) is 24.3 Å². The van der Waals surface area contributed by atoms with Crippen molar-refractivity contribution >= 4 is 29.9 Å². The summed E-state index contributed by atoms with van der Waals surface area (Å²) in [6, 6.07) is 12.1. The molecule has 2 aromatic rings. The fraction of sp³-hybridized carbons (Fsp3) is 0.200. The van der Waals surface area contributed by atoms with Gasteiger partial charge in [0.1, 0.15) is 0 Å². The lowest BCUT2D eigenvalue weighted by molar-refractivity contribution is 0.398. The molecule has 0 bridgehead atoms. The molecule has 0 aliphatic heterocycles. The van der Waals surface area contributed by atoms with Gasteiger partial charge in [0, 0.05) is 10.7 Å². The average molecular weight is 380 g/mol. The largest absolute Gasteiger partial charge is 0.296 e. The minimum atomic E-state index is -4.20. The summed E-state index contributed by atoms with van der Waals surface area (Å²) in [6.45, 7) is 3.67. The van der Waals surface area contributed by atoms with Crippen LogP contribution in [0.2, 0.25) is 0 Å². The third kappa shape index (κ3) is 6.31. The van der Waals surface area contributed by atoms with Gasteiger partial charge in [-0.15, -0.1) is 0 Å². The van der Waals surface area contributed by atoms with Gasteiger partial charge in [-0.25, -0.2) is 8.42 Å². The van der Waals surface area contributed by atoms with Gasteiger partial charge < -0.3 is 0 Å². The molecule has 0 radical (unpaired) electrons. The Kier molecular flexibility index (Phi) is 5.21. The molecule has 2 aromatic carbocycles. The minimum Gasteiger partial charge on any atom is -0.270 e. The van der Waals surface area contributed by atoms with Crippen LogP contribution in [0.3, 0.4) is 0 Å². The van der Waals surface area contributed by atoms with E-state index in [9.17, 15) is 16.8 Å². The summed E-state index contributed by atoms with van der Waals surface area (Å²) in [5.41, 5.74) is 1.89. The molecule has 0 saturated heterocycles. The Morgan fingerprint density at radius 3 is 1.57 bits per heavy atom. The van der Waals surface area contributed by atoms with Crippen molar-refractivity contribution in [2.75, 3.05) is 7.04 Å². The number of halogens is 1. The first kappa shape index (κ1) is 15.1. The highest BCUT2D eigenvalue weighted by molar-refractivity contribution is 8.13. The number of aryl methyl sites for hydroxylation is 2. The van der Waals surface area contributed by atoms with Gasteiger partial charge in [0.05, 0.1) is 20.9 Å². The van der Waals surface area contributed by atoms with Crippen LogP contribution in [0.15, 0.2) is 58.3 Å². The summed E-state index contributed by atoms with van der Waals surface area (Å²) < 4.78 is 68.3. The molecule has 0 unspecified atom stereocenters. The van der Waals surface area contributed by atoms with Crippen molar-refractivity contribution < 1.29 is 25.1 Å². The van der Waals surface area contributed by atoms with Gasteiger partial charge in [0.2, 0.25) is 0 Å². The third-order valence-electron chi connectivity index (χ3n) is 2.72. The standard InChI is InChI=1S/C8H10O3S.C7H7ClO2S/c1-7-3-5-8(6-4-7)12(9,10)11-2;1-6-2-4-7(5-3-6)11(8,9)10/h3-6H,1-2H3;2-5H,1H3/i2D3;. The van der Waals surface area contributed by atoms with Crippen LogP contribution in [0.5, 0.6) is 0 Å². The van der Waals surface area contributed by atoms with Gasteiger partial charge in [0.25, 0.3) is 19.2 Å². The predicted octanol–water partition coefficient (Wildman–Crippen LogP) is 3.25. The molecular formula is C15H17ClO5S2. The molecule has 5 nitrogen and oxygen atoms in total. The summed E-state index contributed by atoms with van der Waals surface area (Å²) in [7, 11) is -5.62. The molecule has 0 heterocycles. The molecule has 2 rings (SSSR count). The van der Waals surface area contributed by atoms with E-state index < -0.39 is 26.2 Å². The van der Waals surface area contributed by atoms with Crippen molar-refractivity contribution in [2.24, 2.45) is 0 Å². The Morgan fingerprint density at radius 2 is 1.22 bits per heavy atom. The topological polar surface area (TPSA) is 77.5 Å². The molecule has 0 aromatic heterocycles. The molecule has 0 N–H and O–H groups in total. The summed E-state index contributed by atoms with van der Waals surface area (Å²) in [6.07, 6.45) is 0. The van der Waals surface area contributed by atoms with Crippen molar-refractivity contribution in [1.82, 2.24) is 0 Å². The molecule has 0 amide bonds. The highest BCUT2D eigenvalue weighted by Gasteiger charge is 2.11. The van der Waals surface area contributed by atoms with Gasteiger partial charge in [-0.05, 0) is 38.1 Å². The van der Waals surface area contributed by atoms with Crippen LogP contribution in [0.25, 0.3) is 0 Å². The van der Waals surface area contributed by atoms with E-state index in [0.717, 1.165) is 11.1 Å². The molecule has 23 heavy (non-hydrogen) atoms. The zero-order chi connectivity index (χ0) is 20.2. The average Bonchev–Trinajstić information content (AvgIpc) is 2.45. The Morgan fingerprint density at radius 1 is 0.826 bits per heavy atom. The number of benzene rings is 2. The third-order valence-corrected chi connectivity index (χ3v) is 5.16. The first-order valence-electron chi connectivity index (χ1n) is 7.74. The molecule has 8 heteroatoms. The quantitative estimate of drug-likeness (QED) is 0.604. The van der Waals surface area contributed by atoms with Crippen LogP contribution < -0.4 is 0 Å². The van der Waals surface area contributed by atoms with Gasteiger partial charge in [-0.1, -0.05) is 35.4 Å². The number of hydrogen-bond donors (Lipinski definition) is 0. The zero-order valence-electron chi connectivity index (χ0n) is 15.4. The van der Waals surface area contributed by atoms with E-state index in [0.29, 0.717) is 0 Å². The molecule has 0 aliphatic carbocycles. The SMILES string of the molecule is Cc1ccc(S(=O)(=O)Cl)cc1.[2H]C([2H])([2H])OS(=O)(=O)c1ccc(C)cc1. The maximum atomic E-state index is 11.4. The highest BCUT2D eigenvalue weighted by Crippen LogP contribution is 2.14. The summed E-state index contributed by atoms with van der Waals surface area (Å²) in [5.74, 6) is 0. The number of rotatable bonds is 3. The smallest absolute Gasteiger partial charge is 0.270 e. The molecule has 126 valence electrons. The maximum Gasteiger partial charge on any atom is 0.296 e. The Hall–Kier alpha value is -1.41. The van der Waals surface area contributed by atoms with E-state index in [2.05, 4.69) is 4.18 Å². The molecular weight excluding hydrogens is 360 g/mol. The predicted molar refractivity (Wildman–Crippen MR) is 89.6 cm³/mol. The van der Waals surface area contributed by atoms with Gasteiger partial charge in [-0.2, -0.15) is 8.42 Å². The minimum absolute atomic E-state index is 0.143. The zero-order valence-corrected chi connectivity index (χ0v) is 14.7. The summed E-state index contributed by atoms with van der Waals surface area (Å²) >= 11 is 0. The second-order valence-electron chi connectivity index (χ2n) is 4.60. The van der Waals surface area contributed by atoms with Crippen LogP contribution in [0.1, 0.15) is 15.2 Å². The van der Waals surface area contributed by atoms with Crippen molar-refractivity contribution in [3.8, 4) is 0 Å². The number of hydrogen-bond acceptors (Lipinski definition) is 5. The van der Waals surface area contributed by atoms with Crippen LogP contribution in [0.4, 0.5) is 0 Å². The first-order chi connectivity index (χ1) is 11.7. The van der Waals surface area contributed by atoms with Gasteiger partial charge >= 0.3 is 0 Å². The van der Waals surface area contributed by atoms with E-state index in [1.54, 1.807) is 31.2 Å². The normalized spacial score (nSPS) is 14.0. The van der Waals surface area contributed by atoms with Crippen LogP contribution in [0, 0.1) is 13.8 Å². The Balaban J connectivity index is 0.000000273. The van der Waals surface area contributed by atoms with Crippen LogP contribution in [-0.2, 0) is 23.4 Å². The second-order valence-corrected chi connectivity index (χ2v) is 8.71. The van der Waals surface area contributed by atoms with E-state index >= 15 is 0 Å². The Bertz CT molecular complexity index is 936. The molecule has 0 atom stereocenters. The molecule has 0 spiro atoms. The van der Waals surface area contributed by atoms with Crippen molar-refractivity contribution in [2.45, 2.75) is 23.6 Å². The van der Waals surface area contributed by atoms with Crippen LogP contribution in [-0.4, -0.2) is 23.9 Å². The summed E-state index contributed by atoms with van der Waals surface area (Å²) in [5, 5.41) is 0. The Labute approximate surface area is 145 Å². The first-order valence-corrected chi connectivity index (χ1v) is 9.96. The highest BCUT2D eigenvalue weighted by atomic mass is 35.7. The van der Waals surface area contributed by atoms with E-state index in [1.807, 2.05) is 6.92 Å². The molecule has 0 saturated carbocycles. The second kappa shape index (κ2) is 7.92. The van der Waals surface area contributed by atoms with Crippen molar-refractivity contribution in [3.63, 3.8) is 0 Å². The summed E-state index contributed by atoms with van der Waals surface area (Å²) in [4.78, 5) is -0.0195. The van der Waals surface area contributed by atoms with E-state index in [4.69, 9.17) is 14.8 Å². The lowest BCUT2D eigenvalue weighted by Crippen LogP contribution is -2.02. The van der Waals surface area contributed by atoms with Crippen molar-refractivity contribution in [1.29, 1.82) is 0 Å². The lowest BCUT2D eigenvalue weighted by atomic mass is 10.2. The van der Waals surface area contributed by atoms with Gasteiger partial charge in [0.15, 0.2) is 0 Å². The monoisotopic (exact) mass is 379 g/mol. The lowest BCUT2D eigenvalue weighted by Gasteiger charge is -2.00. The van der Waals surface area contributed by atoms with Gasteiger partial charge in [-0.3, -0.25) is 4.18 Å². The molecule has 0 fully saturated rings. The van der Waals surface area contributed by atoms with Crippen molar-refractivity contribution in [3.05, 3.63) is 59.7 Å². The fourth-order valence-corrected chi connectivity index (χ4v) is 2.79. The fourth-order valence-electron chi connectivity index (χ4n) is 1.45. The van der Waals surface area contributed by atoms with E-state index in [-0.39, 0.29) is 9.79 Å². The van der Waals surface area contributed by atoms with Crippen LogP contribution >= 0.6 is 10.7 Å².